The van der Waals surface area contributed by atoms with Gasteiger partial charge in [-0.2, -0.15) is 0 Å². The van der Waals surface area contributed by atoms with Crippen molar-refractivity contribution in [2.24, 2.45) is 0 Å². The Hall–Kier alpha value is -0.340. The van der Waals surface area contributed by atoms with Gasteiger partial charge in [0.15, 0.2) is 0 Å². The second-order valence-electron chi connectivity index (χ2n) is 4.28. The minimum Gasteiger partial charge on any atom is -0.313 e. The molecule has 1 nitrogen and oxygen atoms in total. The Balaban J connectivity index is 1.88. The molecule has 0 radical (unpaired) electrons. The summed E-state index contributed by atoms with van der Waals surface area (Å²) in [5.41, 5.74) is 0.560. The van der Waals surface area contributed by atoms with E-state index < -0.39 is 0 Å². The van der Waals surface area contributed by atoms with E-state index in [-0.39, 0.29) is 0 Å². The zero-order valence-electron chi connectivity index (χ0n) is 7.75. The van der Waals surface area contributed by atoms with Crippen LogP contribution in [0.15, 0.2) is 17.5 Å². The minimum atomic E-state index is 0.560. The zero-order valence-corrected chi connectivity index (χ0v) is 8.57. The molecule has 1 aliphatic carbocycles. The van der Waals surface area contributed by atoms with Gasteiger partial charge < -0.3 is 5.32 Å². The summed E-state index contributed by atoms with van der Waals surface area (Å²) in [7, 11) is 0. The van der Waals surface area contributed by atoms with E-state index in [2.05, 4.69) is 22.8 Å². The highest BCUT2D eigenvalue weighted by Crippen LogP contribution is 2.54. The molecule has 1 aromatic rings. The Morgan fingerprint density at radius 3 is 2.92 bits per heavy atom. The fraction of sp³-hybridized carbons (Fsp3) is 0.636. The SMILES string of the molecule is c1csc(C2(C3CCCN3)CC2)c1. The molecule has 0 aromatic carbocycles. The lowest BCUT2D eigenvalue weighted by Gasteiger charge is -2.21. The van der Waals surface area contributed by atoms with Crippen molar-refractivity contribution >= 4 is 11.3 Å². The van der Waals surface area contributed by atoms with E-state index in [0.29, 0.717) is 5.41 Å². The molecule has 1 N–H and O–H groups in total. The van der Waals surface area contributed by atoms with Crippen LogP contribution in [-0.2, 0) is 5.41 Å². The van der Waals surface area contributed by atoms with Gasteiger partial charge in [0, 0.05) is 16.3 Å². The van der Waals surface area contributed by atoms with Crippen LogP contribution in [0.1, 0.15) is 30.6 Å². The van der Waals surface area contributed by atoms with Crippen molar-refractivity contribution in [2.45, 2.75) is 37.1 Å². The van der Waals surface area contributed by atoms with Crippen LogP contribution in [0.2, 0.25) is 0 Å². The summed E-state index contributed by atoms with van der Waals surface area (Å²) in [4.78, 5) is 1.62. The second kappa shape index (κ2) is 2.82. The first-order valence-electron chi connectivity index (χ1n) is 5.19. The molecular weight excluding hydrogens is 178 g/mol. The molecule has 1 aromatic heterocycles. The van der Waals surface area contributed by atoms with Crippen LogP contribution in [0.25, 0.3) is 0 Å². The highest BCUT2D eigenvalue weighted by molar-refractivity contribution is 7.10. The maximum atomic E-state index is 3.65. The first-order chi connectivity index (χ1) is 6.42. The predicted octanol–water partition coefficient (Wildman–Crippen LogP) is 2.53. The average Bonchev–Trinajstić information content (AvgIpc) is 2.68. The monoisotopic (exact) mass is 193 g/mol. The first-order valence-corrected chi connectivity index (χ1v) is 6.07. The van der Waals surface area contributed by atoms with Crippen molar-refractivity contribution < 1.29 is 0 Å². The molecule has 0 amide bonds. The molecule has 0 spiro atoms. The van der Waals surface area contributed by atoms with Crippen LogP contribution in [0.3, 0.4) is 0 Å². The third kappa shape index (κ3) is 1.16. The Bertz CT molecular complexity index is 281. The van der Waals surface area contributed by atoms with Crippen LogP contribution in [-0.4, -0.2) is 12.6 Å². The Kier molecular flexibility index (Phi) is 1.74. The summed E-state index contributed by atoms with van der Waals surface area (Å²) in [6.45, 7) is 1.23. The van der Waals surface area contributed by atoms with Crippen molar-refractivity contribution in [3.8, 4) is 0 Å². The number of hydrogen-bond acceptors (Lipinski definition) is 2. The van der Waals surface area contributed by atoms with Crippen LogP contribution >= 0.6 is 11.3 Å². The molecule has 13 heavy (non-hydrogen) atoms. The molecule has 2 aliphatic rings. The lowest BCUT2D eigenvalue weighted by atomic mass is 9.93. The van der Waals surface area contributed by atoms with E-state index in [1.54, 1.807) is 4.88 Å². The minimum absolute atomic E-state index is 0.560. The van der Waals surface area contributed by atoms with Gasteiger partial charge in [-0.1, -0.05) is 6.07 Å². The molecular formula is C11H15NS. The summed E-state index contributed by atoms with van der Waals surface area (Å²) in [6.07, 6.45) is 5.58. The quantitative estimate of drug-likeness (QED) is 0.761. The fourth-order valence-corrected chi connectivity index (χ4v) is 3.66. The second-order valence-corrected chi connectivity index (χ2v) is 5.23. The van der Waals surface area contributed by atoms with E-state index in [9.17, 15) is 0 Å². The number of rotatable bonds is 2. The highest BCUT2D eigenvalue weighted by atomic mass is 32.1. The average molecular weight is 193 g/mol. The van der Waals surface area contributed by atoms with E-state index in [4.69, 9.17) is 0 Å². The summed E-state index contributed by atoms with van der Waals surface area (Å²) < 4.78 is 0. The predicted molar refractivity (Wildman–Crippen MR) is 56.3 cm³/mol. The number of nitrogens with one attached hydrogen (secondary N) is 1. The molecule has 2 heteroatoms. The molecule has 1 atom stereocenters. The normalized spacial score (nSPS) is 30.6. The third-order valence-corrected chi connectivity index (χ3v) is 4.62. The molecule has 3 rings (SSSR count). The smallest absolute Gasteiger partial charge is 0.0201 e. The van der Waals surface area contributed by atoms with E-state index in [1.165, 1.54) is 32.2 Å². The third-order valence-electron chi connectivity index (χ3n) is 3.53. The van der Waals surface area contributed by atoms with Crippen LogP contribution in [0, 0.1) is 0 Å². The van der Waals surface area contributed by atoms with Crippen molar-refractivity contribution in [1.82, 2.24) is 5.32 Å². The summed E-state index contributed by atoms with van der Waals surface area (Å²) in [5, 5.41) is 5.87. The lowest BCUT2D eigenvalue weighted by molar-refractivity contribution is 0.479. The van der Waals surface area contributed by atoms with Crippen molar-refractivity contribution in [3.05, 3.63) is 22.4 Å². The van der Waals surface area contributed by atoms with Gasteiger partial charge in [-0.25, -0.2) is 0 Å². The van der Waals surface area contributed by atoms with Gasteiger partial charge in [-0.3, -0.25) is 0 Å². The van der Waals surface area contributed by atoms with Gasteiger partial charge in [0.25, 0.3) is 0 Å². The van der Waals surface area contributed by atoms with Gasteiger partial charge in [0.1, 0.15) is 0 Å². The van der Waals surface area contributed by atoms with Crippen molar-refractivity contribution in [1.29, 1.82) is 0 Å². The zero-order chi connectivity index (χ0) is 8.73. The van der Waals surface area contributed by atoms with E-state index in [1.807, 2.05) is 11.3 Å². The Labute approximate surface area is 83.2 Å². The molecule has 1 saturated heterocycles. The number of hydrogen-bond donors (Lipinski definition) is 1. The van der Waals surface area contributed by atoms with Crippen LogP contribution in [0.4, 0.5) is 0 Å². The fourth-order valence-electron chi connectivity index (χ4n) is 2.62. The standard InChI is InChI=1S/C11H15NS/c1-3-9(12-7-1)11(5-6-11)10-4-2-8-13-10/h2,4,8-9,12H,1,3,5-7H2. The maximum Gasteiger partial charge on any atom is 0.0201 e. The summed E-state index contributed by atoms with van der Waals surface area (Å²) >= 11 is 1.94. The molecule has 1 aliphatic heterocycles. The van der Waals surface area contributed by atoms with Crippen LogP contribution < -0.4 is 5.32 Å². The van der Waals surface area contributed by atoms with Gasteiger partial charge in [0.05, 0.1) is 0 Å². The van der Waals surface area contributed by atoms with Crippen molar-refractivity contribution in [3.63, 3.8) is 0 Å². The molecule has 2 fully saturated rings. The van der Waals surface area contributed by atoms with Gasteiger partial charge in [-0.15, -0.1) is 11.3 Å². The van der Waals surface area contributed by atoms with Gasteiger partial charge in [-0.05, 0) is 43.7 Å². The molecule has 1 unspecified atom stereocenters. The number of thiophene rings is 1. The molecule has 70 valence electrons. The van der Waals surface area contributed by atoms with Gasteiger partial charge >= 0.3 is 0 Å². The maximum absolute atomic E-state index is 3.65. The Morgan fingerprint density at radius 2 is 2.38 bits per heavy atom. The first kappa shape index (κ1) is 8.01. The molecule has 2 heterocycles. The molecule has 1 saturated carbocycles. The van der Waals surface area contributed by atoms with E-state index in [0.717, 1.165) is 6.04 Å². The molecule has 0 bridgehead atoms. The van der Waals surface area contributed by atoms with Crippen LogP contribution in [0.5, 0.6) is 0 Å². The summed E-state index contributed by atoms with van der Waals surface area (Å²) in [6, 6.07) is 5.29. The van der Waals surface area contributed by atoms with Crippen molar-refractivity contribution in [2.75, 3.05) is 6.54 Å². The topological polar surface area (TPSA) is 12.0 Å². The van der Waals surface area contributed by atoms with Gasteiger partial charge in [0.2, 0.25) is 0 Å². The largest absolute Gasteiger partial charge is 0.313 e. The lowest BCUT2D eigenvalue weighted by Crippen LogP contribution is -2.34. The Morgan fingerprint density at radius 1 is 1.46 bits per heavy atom. The summed E-state index contributed by atoms with van der Waals surface area (Å²) in [5.74, 6) is 0. The highest BCUT2D eigenvalue weighted by Gasteiger charge is 2.51. The van der Waals surface area contributed by atoms with E-state index >= 15 is 0 Å².